The normalized spacial score (nSPS) is 24.0. The Morgan fingerprint density at radius 3 is 2.70 bits per heavy atom. The van der Waals surface area contributed by atoms with Gasteiger partial charge in [0.15, 0.2) is 0 Å². The average molecular weight is 290 g/mol. The van der Waals surface area contributed by atoms with Gasteiger partial charge in [-0.2, -0.15) is 0 Å². The number of rotatable bonds is 2. The predicted octanol–water partition coefficient (Wildman–Crippen LogP) is 2.23. The highest BCUT2D eigenvalue weighted by molar-refractivity contribution is 6.30. The molecule has 1 aliphatic heterocycles. The third-order valence-electron chi connectivity index (χ3n) is 4.14. The molecule has 1 saturated heterocycles. The first-order valence-corrected chi connectivity index (χ1v) is 7.16. The first kappa shape index (κ1) is 13.5. The number of amides is 1. The summed E-state index contributed by atoms with van der Waals surface area (Å²) in [5, 5.41) is 0.685. The quantitative estimate of drug-likeness (QED) is 0.782. The second-order valence-electron chi connectivity index (χ2n) is 5.34. The number of terminal acetylenes is 1. The molecule has 0 N–H and O–H groups in total. The number of ether oxygens (including phenoxy) is 1. The van der Waals surface area contributed by atoms with Crippen molar-refractivity contribution in [3.63, 3.8) is 0 Å². The topological polar surface area (TPSA) is 29.5 Å². The second kappa shape index (κ2) is 5.12. The first-order valence-electron chi connectivity index (χ1n) is 6.78. The highest BCUT2D eigenvalue weighted by Gasteiger charge is 2.54. The summed E-state index contributed by atoms with van der Waals surface area (Å²) in [4.78, 5) is 14.7. The van der Waals surface area contributed by atoms with E-state index in [1.807, 2.05) is 24.3 Å². The van der Waals surface area contributed by atoms with Crippen molar-refractivity contribution in [3.8, 4) is 12.3 Å². The van der Waals surface area contributed by atoms with Crippen LogP contribution in [0.1, 0.15) is 18.4 Å². The highest BCUT2D eigenvalue weighted by Crippen LogP contribution is 2.50. The summed E-state index contributed by atoms with van der Waals surface area (Å²) in [5.74, 6) is 2.78. The Morgan fingerprint density at radius 2 is 2.10 bits per heavy atom. The molecule has 0 bridgehead atoms. The molecule has 1 atom stereocenters. The van der Waals surface area contributed by atoms with Crippen molar-refractivity contribution in [2.75, 3.05) is 19.8 Å². The van der Waals surface area contributed by atoms with Crippen LogP contribution in [0, 0.1) is 12.3 Å². The van der Waals surface area contributed by atoms with Crippen LogP contribution in [0.15, 0.2) is 24.3 Å². The van der Waals surface area contributed by atoms with Crippen LogP contribution in [0.25, 0.3) is 0 Å². The maximum atomic E-state index is 12.9. The summed E-state index contributed by atoms with van der Waals surface area (Å²) in [6, 6.07) is 7.31. The van der Waals surface area contributed by atoms with E-state index < -0.39 is 5.41 Å². The van der Waals surface area contributed by atoms with Crippen LogP contribution in [0.5, 0.6) is 0 Å². The maximum Gasteiger partial charge on any atom is 0.234 e. The SMILES string of the molecule is C#CC1COCCN1C(=O)C1(c2ccc(Cl)cc2)CC1. The van der Waals surface area contributed by atoms with Gasteiger partial charge in [0.1, 0.15) is 6.04 Å². The van der Waals surface area contributed by atoms with Gasteiger partial charge in [-0.05, 0) is 30.5 Å². The molecule has 1 aromatic carbocycles. The highest BCUT2D eigenvalue weighted by atomic mass is 35.5. The van der Waals surface area contributed by atoms with Crippen LogP contribution >= 0.6 is 11.6 Å². The van der Waals surface area contributed by atoms with Gasteiger partial charge in [0.25, 0.3) is 0 Å². The number of benzene rings is 1. The van der Waals surface area contributed by atoms with Crippen molar-refractivity contribution in [1.29, 1.82) is 0 Å². The van der Waals surface area contributed by atoms with Crippen molar-refractivity contribution in [1.82, 2.24) is 4.90 Å². The Bertz CT molecular complexity index is 557. The molecule has 1 saturated carbocycles. The number of carbonyl (C=O) groups excluding carboxylic acids is 1. The molecular formula is C16H16ClNO2. The molecular weight excluding hydrogens is 274 g/mol. The molecule has 1 amide bonds. The summed E-state index contributed by atoms with van der Waals surface area (Å²) in [6.45, 7) is 1.56. The third-order valence-corrected chi connectivity index (χ3v) is 4.39. The summed E-state index contributed by atoms with van der Waals surface area (Å²) < 4.78 is 5.35. The molecule has 2 aliphatic rings. The molecule has 104 valence electrons. The van der Waals surface area contributed by atoms with Gasteiger partial charge < -0.3 is 9.64 Å². The number of morpholine rings is 1. The Morgan fingerprint density at radius 1 is 1.40 bits per heavy atom. The molecule has 1 unspecified atom stereocenters. The van der Waals surface area contributed by atoms with E-state index in [1.54, 1.807) is 4.90 Å². The van der Waals surface area contributed by atoms with Crippen molar-refractivity contribution in [2.45, 2.75) is 24.3 Å². The van der Waals surface area contributed by atoms with E-state index in [0.717, 1.165) is 18.4 Å². The lowest BCUT2D eigenvalue weighted by Gasteiger charge is -2.35. The minimum absolute atomic E-state index is 0.131. The largest absolute Gasteiger partial charge is 0.376 e. The Labute approximate surface area is 123 Å². The van der Waals surface area contributed by atoms with Gasteiger partial charge in [0.2, 0.25) is 5.91 Å². The summed E-state index contributed by atoms with van der Waals surface area (Å²) in [7, 11) is 0. The zero-order valence-electron chi connectivity index (χ0n) is 11.1. The Balaban J connectivity index is 1.86. The van der Waals surface area contributed by atoms with Gasteiger partial charge in [-0.3, -0.25) is 4.79 Å². The first-order chi connectivity index (χ1) is 9.67. The van der Waals surface area contributed by atoms with E-state index in [9.17, 15) is 4.79 Å². The molecule has 1 aromatic rings. The van der Waals surface area contributed by atoms with Crippen molar-refractivity contribution in [3.05, 3.63) is 34.9 Å². The van der Waals surface area contributed by atoms with Gasteiger partial charge in [0.05, 0.1) is 18.6 Å². The van der Waals surface area contributed by atoms with Crippen LogP contribution in [0.3, 0.4) is 0 Å². The van der Waals surface area contributed by atoms with E-state index in [-0.39, 0.29) is 11.9 Å². The fourth-order valence-corrected chi connectivity index (χ4v) is 2.91. The molecule has 1 heterocycles. The van der Waals surface area contributed by atoms with Gasteiger partial charge >= 0.3 is 0 Å². The van der Waals surface area contributed by atoms with Crippen LogP contribution in [0.2, 0.25) is 5.02 Å². The zero-order valence-corrected chi connectivity index (χ0v) is 11.9. The van der Waals surface area contributed by atoms with Gasteiger partial charge in [-0.15, -0.1) is 6.42 Å². The Hall–Kier alpha value is -1.50. The van der Waals surface area contributed by atoms with Gasteiger partial charge in [0, 0.05) is 11.6 Å². The second-order valence-corrected chi connectivity index (χ2v) is 5.78. The van der Waals surface area contributed by atoms with Gasteiger partial charge in [-0.25, -0.2) is 0 Å². The minimum Gasteiger partial charge on any atom is -0.376 e. The number of hydrogen-bond donors (Lipinski definition) is 0. The minimum atomic E-state index is -0.392. The van der Waals surface area contributed by atoms with Crippen LogP contribution in [0.4, 0.5) is 0 Å². The lowest BCUT2D eigenvalue weighted by Crippen LogP contribution is -2.51. The van der Waals surface area contributed by atoms with Crippen molar-refractivity contribution in [2.24, 2.45) is 0 Å². The smallest absolute Gasteiger partial charge is 0.234 e. The number of nitrogens with zero attached hydrogens (tertiary/aromatic N) is 1. The van der Waals surface area contributed by atoms with E-state index in [2.05, 4.69) is 5.92 Å². The molecule has 2 fully saturated rings. The average Bonchev–Trinajstić information content (AvgIpc) is 3.29. The number of halogens is 1. The number of carbonyl (C=O) groups is 1. The van der Waals surface area contributed by atoms with Crippen molar-refractivity contribution < 1.29 is 9.53 Å². The molecule has 3 nitrogen and oxygen atoms in total. The summed E-state index contributed by atoms with van der Waals surface area (Å²) >= 11 is 5.92. The van der Waals surface area contributed by atoms with E-state index >= 15 is 0 Å². The fraction of sp³-hybridized carbons (Fsp3) is 0.438. The van der Waals surface area contributed by atoms with Crippen LogP contribution < -0.4 is 0 Å². The monoisotopic (exact) mass is 289 g/mol. The lowest BCUT2D eigenvalue weighted by atomic mass is 9.93. The Kier molecular flexibility index (Phi) is 3.45. The molecule has 0 aromatic heterocycles. The van der Waals surface area contributed by atoms with Crippen molar-refractivity contribution >= 4 is 17.5 Å². The molecule has 0 spiro atoms. The molecule has 4 heteroatoms. The maximum absolute atomic E-state index is 12.9. The van der Waals surface area contributed by atoms with Crippen LogP contribution in [-0.2, 0) is 14.9 Å². The third kappa shape index (κ3) is 2.19. The standard InChI is InChI=1S/C16H16ClNO2/c1-2-14-11-20-10-9-18(14)15(19)16(7-8-16)12-3-5-13(17)6-4-12/h1,3-6,14H,7-11H2. The summed E-state index contributed by atoms with van der Waals surface area (Å²) in [5.41, 5.74) is 0.644. The molecule has 20 heavy (non-hydrogen) atoms. The lowest BCUT2D eigenvalue weighted by molar-refractivity contribution is -0.140. The van der Waals surface area contributed by atoms with Crippen LogP contribution in [-0.4, -0.2) is 36.6 Å². The fourth-order valence-electron chi connectivity index (χ4n) is 2.78. The number of hydrogen-bond acceptors (Lipinski definition) is 2. The molecule has 1 aliphatic carbocycles. The zero-order chi connectivity index (χ0) is 14.2. The molecule has 3 rings (SSSR count). The van der Waals surface area contributed by atoms with E-state index in [1.165, 1.54) is 0 Å². The predicted molar refractivity (Wildman–Crippen MR) is 77.5 cm³/mol. The van der Waals surface area contributed by atoms with E-state index in [4.69, 9.17) is 22.8 Å². The van der Waals surface area contributed by atoms with Gasteiger partial charge in [-0.1, -0.05) is 29.7 Å². The van der Waals surface area contributed by atoms with E-state index in [0.29, 0.717) is 24.8 Å². The molecule has 0 radical (unpaired) electrons. The summed E-state index contributed by atoms with van der Waals surface area (Å²) in [6.07, 6.45) is 7.27.